The summed E-state index contributed by atoms with van der Waals surface area (Å²) in [6.07, 6.45) is 5.46. The molecule has 0 aliphatic heterocycles. The monoisotopic (exact) mass is 345 g/mol. The molecule has 0 bridgehead atoms. The first-order chi connectivity index (χ1) is 12.6. The highest BCUT2D eigenvalue weighted by molar-refractivity contribution is 6.06. The summed E-state index contributed by atoms with van der Waals surface area (Å²) in [5, 5.41) is 3.02. The fourth-order valence-corrected chi connectivity index (χ4v) is 3.01. The van der Waals surface area contributed by atoms with Crippen LogP contribution in [0.5, 0.6) is 0 Å². The fourth-order valence-electron chi connectivity index (χ4n) is 3.01. The molecule has 6 heteroatoms. The standard InChI is InChI=1S/C20H19N5O/c1-14-21-9-10-25(14)12-16-5-3-4-6-17(16)23-20(26)15-7-8-19-18(11-15)22-13-24(19)2/h3-11,13H,12H2,1-2H3,(H,23,26). The normalized spacial score (nSPS) is 11.0. The summed E-state index contributed by atoms with van der Waals surface area (Å²) < 4.78 is 3.98. The number of benzene rings is 2. The largest absolute Gasteiger partial charge is 0.334 e. The van der Waals surface area contributed by atoms with Gasteiger partial charge < -0.3 is 14.5 Å². The van der Waals surface area contributed by atoms with Gasteiger partial charge in [0.15, 0.2) is 0 Å². The second-order valence-corrected chi connectivity index (χ2v) is 6.27. The van der Waals surface area contributed by atoms with Gasteiger partial charge in [-0.2, -0.15) is 0 Å². The van der Waals surface area contributed by atoms with E-state index >= 15 is 0 Å². The van der Waals surface area contributed by atoms with Crippen molar-refractivity contribution in [1.29, 1.82) is 0 Å². The maximum absolute atomic E-state index is 12.7. The number of carbonyl (C=O) groups is 1. The third kappa shape index (κ3) is 2.97. The molecule has 0 saturated heterocycles. The molecule has 26 heavy (non-hydrogen) atoms. The Morgan fingerprint density at radius 1 is 1.15 bits per heavy atom. The Bertz CT molecular complexity index is 1090. The molecule has 0 spiro atoms. The molecular formula is C20H19N5O. The van der Waals surface area contributed by atoms with E-state index in [2.05, 4.69) is 15.3 Å². The number of fused-ring (bicyclic) bond motifs is 1. The molecule has 4 rings (SSSR count). The number of hydrogen-bond donors (Lipinski definition) is 1. The van der Waals surface area contributed by atoms with Gasteiger partial charge >= 0.3 is 0 Å². The van der Waals surface area contributed by atoms with Crippen LogP contribution in [-0.4, -0.2) is 25.0 Å². The summed E-state index contributed by atoms with van der Waals surface area (Å²) >= 11 is 0. The predicted molar refractivity (Wildman–Crippen MR) is 101 cm³/mol. The number of carbonyl (C=O) groups excluding carboxylic acids is 1. The number of nitrogens with one attached hydrogen (secondary N) is 1. The van der Waals surface area contributed by atoms with E-state index in [1.807, 2.05) is 71.8 Å². The quantitative estimate of drug-likeness (QED) is 0.617. The van der Waals surface area contributed by atoms with Crippen molar-refractivity contribution in [2.75, 3.05) is 5.32 Å². The van der Waals surface area contributed by atoms with Gasteiger partial charge in [-0.05, 0) is 36.8 Å². The van der Waals surface area contributed by atoms with E-state index in [0.717, 1.165) is 28.1 Å². The van der Waals surface area contributed by atoms with Gasteiger partial charge in [-0.3, -0.25) is 4.79 Å². The van der Waals surface area contributed by atoms with Crippen molar-refractivity contribution < 1.29 is 4.79 Å². The average molecular weight is 345 g/mol. The molecule has 0 atom stereocenters. The van der Waals surface area contributed by atoms with Gasteiger partial charge in [0.1, 0.15) is 5.82 Å². The number of imidazole rings is 2. The zero-order valence-corrected chi connectivity index (χ0v) is 14.7. The molecule has 0 saturated carbocycles. The van der Waals surface area contributed by atoms with Crippen molar-refractivity contribution in [3.05, 3.63) is 78.1 Å². The minimum Gasteiger partial charge on any atom is -0.334 e. The molecular weight excluding hydrogens is 326 g/mol. The summed E-state index contributed by atoms with van der Waals surface area (Å²) in [4.78, 5) is 21.3. The highest BCUT2D eigenvalue weighted by atomic mass is 16.1. The van der Waals surface area contributed by atoms with Gasteiger partial charge in [0.2, 0.25) is 0 Å². The second kappa shape index (κ2) is 6.48. The van der Waals surface area contributed by atoms with Crippen molar-refractivity contribution in [1.82, 2.24) is 19.1 Å². The van der Waals surface area contributed by atoms with Gasteiger partial charge in [-0.25, -0.2) is 9.97 Å². The zero-order chi connectivity index (χ0) is 18.1. The lowest BCUT2D eigenvalue weighted by molar-refractivity contribution is 0.102. The Morgan fingerprint density at radius 3 is 2.81 bits per heavy atom. The van der Waals surface area contributed by atoms with Crippen molar-refractivity contribution in [3.8, 4) is 0 Å². The predicted octanol–water partition coefficient (Wildman–Crippen LogP) is 3.38. The number of rotatable bonds is 4. The van der Waals surface area contributed by atoms with Gasteiger partial charge in [-0.1, -0.05) is 18.2 Å². The number of amides is 1. The van der Waals surface area contributed by atoms with Crippen LogP contribution in [0.25, 0.3) is 11.0 Å². The zero-order valence-electron chi connectivity index (χ0n) is 14.7. The lowest BCUT2D eigenvalue weighted by Gasteiger charge is -2.12. The lowest BCUT2D eigenvalue weighted by Crippen LogP contribution is -2.14. The van der Waals surface area contributed by atoms with Crippen LogP contribution in [0.15, 0.2) is 61.2 Å². The molecule has 1 N–H and O–H groups in total. The third-order valence-electron chi connectivity index (χ3n) is 4.52. The van der Waals surface area contributed by atoms with E-state index in [9.17, 15) is 4.79 Å². The molecule has 0 aliphatic carbocycles. The molecule has 6 nitrogen and oxygen atoms in total. The Morgan fingerprint density at radius 2 is 2.00 bits per heavy atom. The van der Waals surface area contributed by atoms with E-state index in [1.54, 1.807) is 12.5 Å². The minimum absolute atomic E-state index is 0.146. The van der Waals surface area contributed by atoms with Crippen LogP contribution in [-0.2, 0) is 13.6 Å². The number of nitrogens with zero attached hydrogens (tertiary/aromatic N) is 4. The second-order valence-electron chi connectivity index (χ2n) is 6.27. The smallest absolute Gasteiger partial charge is 0.255 e. The lowest BCUT2D eigenvalue weighted by atomic mass is 10.1. The Kier molecular flexibility index (Phi) is 4.01. The molecule has 1 amide bonds. The molecule has 2 heterocycles. The van der Waals surface area contributed by atoms with Crippen LogP contribution in [0, 0.1) is 6.92 Å². The minimum atomic E-state index is -0.146. The highest BCUT2D eigenvalue weighted by Gasteiger charge is 2.11. The summed E-state index contributed by atoms with van der Waals surface area (Å²) in [7, 11) is 1.93. The van der Waals surface area contributed by atoms with E-state index < -0.39 is 0 Å². The molecule has 0 radical (unpaired) electrons. The first-order valence-electron chi connectivity index (χ1n) is 8.40. The van der Waals surface area contributed by atoms with Crippen molar-refractivity contribution in [2.24, 2.45) is 7.05 Å². The van der Waals surface area contributed by atoms with Crippen LogP contribution >= 0.6 is 0 Å². The van der Waals surface area contributed by atoms with E-state index in [-0.39, 0.29) is 5.91 Å². The van der Waals surface area contributed by atoms with Crippen molar-refractivity contribution in [2.45, 2.75) is 13.5 Å². The maximum atomic E-state index is 12.7. The highest BCUT2D eigenvalue weighted by Crippen LogP contribution is 2.20. The van der Waals surface area contributed by atoms with E-state index in [0.29, 0.717) is 12.1 Å². The molecule has 0 fully saturated rings. The maximum Gasteiger partial charge on any atom is 0.255 e. The molecule has 0 aliphatic rings. The van der Waals surface area contributed by atoms with Gasteiger partial charge in [0.25, 0.3) is 5.91 Å². The molecule has 2 aromatic carbocycles. The van der Waals surface area contributed by atoms with E-state index in [1.165, 1.54) is 0 Å². The van der Waals surface area contributed by atoms with Crippen molar-refractivity contribution >= 4 is 22.6 Å². The summed E-state index contributed by atoms with van der Waals surface area (Å²) in [5.41, 5.74) is 4.22. The Balaban J connectivity index is 1.60. The molecule has 2 aromatic heterocycles. The van der Waals surface area contributed by atoms with Crippen LogP contribution in [0.2, 0.25) is 0 Å². The summed E-state index contributed by atoms with van der Waals surface area (Å²) in [6, 6.07) is 13.4. The van der Waals surface area contributed by atoms with Crippen LogP contribution < -0.4 is 5.32 Å². The SMILES string of the molecule is Cc1nccn1Cc1ccccc1NC(=O)c1ccc2c(c1)ncn2C. The number of para-hydroxylation sites is 1. The van der Waals surface area contributed by atoms with Crippen LogP contribution in [0.3, 0.4) is 0 Å². The van der Waals surface area contributed by atoms with Crippen LogP contribution in [0.1, 0.15) is 21.7 Å². The molecule has 130 valence electrons. The average Bonchev–Trinajstić information content (AvgIpc) is 3.22. The first-order valence-corrected chi connectivity index (χ1v) is 8.40. The summed E-state index contributed by atoms with van der Waals surface area (Å²) in [5.74, 6) is 0.791. The topological polar surface area (TPSA) is 64.7 Å². The Hall–Kier alpha value is -3.41. The number of aromatic nitrogens is 4. The molecule has 4 aromatic rings. The van der Waals surface area contributed by atoms with Crippen molar-refractivity contribution in [3.63, 3.8) is 0 Å². The number of aryl methyl sites for hydroxylation is 2. The fraction of sp³-hybridized carbons (Fsp3) is 0.150. The third-order valence-corrected chi connectivity index (χ3v) is 4.52. The van der Waals surface area contributed by atoms with Gasteiger partial charge in [0.05, 0.1) is 23.9 Å². The number of anilines is 1. The summed E-state index contributed by atoms with van der Waals surface area (Å²) in [6.45, 7) is 2.62. The molecule has 0 unspecified atom stereocenters. The van der Waals surface area contributed by atoms with Gasteiger partial charge in [0, 0.05) is 30.7 Å². The van der Waals surface area contributed by atoms with E-state index in [4.69, 9.17) is 0 Å². The van der Waals surface area contributed by atoms with Gasteiger partial charge in [-0.15, -0.1) is 0 Å². The van der Waals surface area contributed by atoms with Crippen LogP contribution in [0.4, 0.5) is 5.69 Å². The number of hydrogen-bond acceptors (Lipinski definition) is 3. The first kappa shape index (κ1) is 16.1. The Labute approximate surface area is 151 Å².